The number of ether oxygens (including phenoxy) is 1. The Hall–Kier alpha value is -1.46. The molecule has 104 valence electrons. The second-order valence-corrected chi connectivity index (χ2v) is 4.95. The Kier molecular flexibility index (Phi) is 4.17. The van der Waals surface area contributed by atoms with E-state index in [1.807, 2.05) is 0 Å². The highest BCUT2D eigenvalue weighted by Gasteiger charge is 2.39. The summed E-state index contributed by atoms with van der Waals surface area (Å²) in [6.45, 7) is 2.47. The van der Waals surface area contributed by atoms with Crippen molar-refractivity contribution in [1.29, 1.82) is 0 Å². The van der Waals surface area contributed by atoms with Crippen LogP contribution in [0.15, 0.2) is 24.3 Å². The van der Waals surface area contributed by atoms with Gasteiger partial charge in [0.05, 0.1) is 12.5 Å². The molecule has 1 aromatic rings. The van der Waals surface area contributed by atoms with Gasteiger partial charge >= 0.3 is 0 Å². The SMILES string of the molecule is CC1OCCC1(O)CNC(=O)Cc1ccc(F)cc1. The van der Waals surface area contributed by atoms with Gasteiger partial charge in [-0.15, -0.1) is 0 Å². The number of rotatable bonds is 4. The number of hydrogen-bond donors (Lipinski definition) is 2. The van der Waals surface area contributed by atoms with Crippen LogP contribution in [-0.4, -0.2) is 35.9 Å². The Morgan fingerprint density at radius 3 is 2.79 bits per heavy atom. The van der Waals surface area contributed by atoms with Crippen molar-refractivity contribution in [2.75, 3.05) is 13.2 Å². The molecular formula is C14H18FNO3. The van der Waals surface area contributed by atoms with Crippen molar-refractivity contribution in [3.63, 3.8) is 0 Å². The van der Waals surface area contributed by atoms with Crippen LogP contribution in [0.3, 0.4) is 0 Å². The van der Waals surface area contributed by atoms with E-state index >= 15 is 0 Å². The minimum absolute atomic E-state index is 0.172. The molecule has 2 unspecified atom stereocenters. The second-order valence-electron chi connectivity index (χ2n) is 4.95. The van der Waals surface area contributed by atoms with E-state index in [2.05, 4.69) is 5.32 Å². The van der Waals surface area contributed by atoms with Gasteiger partial charge in [-0.2, -0.15) is 0 Å². The molecule has 2 N–H and O–H groups in total. The normalized spacial score (nSPS) is 26.4. The van der Waals surface area contributed by atoms with E-state index in [1.54, 1.807) is 19.1 Å². The maximum absolute atomic E-state index is 12.7. The van der Waals surface area contributed by atoms with Gasteiger partial charge in [0, 0.05) is 19.6 Å². The third-order valence-electron chi connectivity index (χ3n) is 3.53. The molecule has 1 amide bonds. The first-order valence-corrected chi connectivity index (χ1v) is 6.35. The highest BCUT2D eigenvalue weighted by Crippen LogP contribution is 2.24. The molecule has 1 fully saturated rings. The first kappa shape index (κ1) is 14.0. The van der Waals surface area contributed by atoms with Crippen LogP contribution in [0.5, 0.6) is 0 Å². The Balaban J connectivity index is 1.83. The number of nitrogens with one attached hydrogen (secondary N) is 1. The molecule has 0 saturated carbocycles. The minimum Gasteiger partial charge on any atom is -0.385 e. The van der Waals surface area contributed by atoms with Gasteiger partial charge in [0.25, 0.3) is 0 Å². The molecule has 1 heterocycles. The number of carbonyl (C=O) groups is 1. The lowest BCUT2D eigenvalue weighted by molar-refractivity contribution is -0.122. The number of halogens is 1. The predicted molar refractivity (Wildman–Crippen MR) is 68.1 cm³/mol. The molecule has 4 nitrogen and oxygen atoms in total. The van der Waals surface area contributed by atoms with Crippen LogP contribution in [0, 0.1) is 5.82 Å². The molecule has 5 heteroatoms. The number of carbonyl (C=O) groups excluding carboxylic acids is 1. The lowest BCUT2D eigenvalue weighted by Gasteiger charge is -2.26. The molecule has 1 aliphatic rings. The lowest BCUT2D eigenvalue weighted by atomic mass is 9.96. The maximum atomic E-state index is 12.7. The average molecular weight is 267 g/mol. The quantitative estimate of drug-likeness (QED) is 0.856. The largest absolute Gasteiger partial charge is 0.385 e. The monoisotopic (exact) mass is 267 g/mol. The topological polar surface area (TPSA) is 58.6 Å². The highest BCUT2D eigenvalue weighted by molar-refractivity contribution is 5.78. The summed E-state index contributed by atoms with van der Waals surface area (Å²) in [6, 6.07) is 5.79. The molecule has 1 aliphatic heterocycles. The Morgan fingerprint density at radius 2 is 2.21 bits per heavy atom. The van der Waals surface area contributed by atoms with Gasteiger partial charge in [-0.25, -0.2) is 4.39 Å². The van der Waals surface area contributed by atoms with E-state index in [1.165, 1.54) is 12.1 Å². The Morgan fingerprint density at radius 1 is 1.53 bits per heavy atom. The van der Waals surface area contributed by atoms with Gasteiger partial charge in [0.15, 0.2) is 0 Å². The summed E-state index contributed by atoms with van der Waals surface area (Å²) in [5, 5.41) is 12.9. The van der Waals surface area contributed by atoms with Crippen molar-refractivity contribution in [3.05, 3.63) is 35.6 Å². The molecule has 0 spiro atoms. The smallest absolute Gasteiger partial charge is 0.224 e. The summed E-state index contributed by atoms with van der Waals surface area (Å²) in [4.78, 5) is 11.7. The number of hydrogen-bond acceptors (Lipinski definition) is 3. The zero-order chi connectivity index (χ0) is 13.9. The third-order valence-corrected chi connectivity index (χ3v) is 3.53. The van der Waals surface area contributed by atoms with Crippen LogP contribution in [-0.2, 0) is 16.0 Å². The zero-order valence-corrected chi connectivity index (χ0v) is 10.9. The first-order valence-electron chi connectivity index (χ1n) is 6.35. The van der Waals surface area contributed by atoms with Crippen molar-refractivity contribution in [2.24, 2.45) is 0 Å². The number of aliphatic hydroxyl groups is 1. The van der Waals surface area contributed by atoms with Crippen LogP contribution in [0.2, 0.25) is 0 Å². The van der Waals surface area contributed by atoms with Crippen molar-refractivity contribution in [3.8, 4) is 0 Å². The summed E-state index contributed by atoms with van der Waals surface area (Å²) in [6.07, 6.45) is 0.412. The molecule has 1 saturated heterocycles. The van der Waals surface area contributed by atoms with Crippen LogP contribution in [0.4, 0.5) is 4.39 Å². The summed E-state index contributed by atoms with van der Waals surface area (Å²) in [7, 11) is 0. The van der Waals surface area contributed by atoms with Crippen LogP contribution in [0.1, 0.15) is 18.9 Å². The molecular weight excluding hydrogens is 249 g/mol. The average Bonchev–Trinajstić information content (AvgIpc) is 2.71. The second kappa shape index (κ2) is 5.67. The molecule has 0 aliphatic carbocycles. The predicted octanol–water partition coefficient (Wildman–Crippen LogP) is 1.02. The Labute approximate surface area is 111 Å². The fourth-order valence-electron chi connectivity index (χ4n) is 2.10. The molecule has 1 aromatic carbocycles. The van der Waals surface area contributed by atoms with E-state index in [0.717, 1.165) is 5.56 Å². The van der Waals surface area contributed by atoms with E-state index in [0.29, 0.717) is 13.0 Å². The third kappa shape index (κ3) is 3.52. The van der Waals surface area contributed by atoms with Gasteiger partial charge in [-0.1, -0.05) is 12.1 Å². The fourth-order valence-corrected chi connectivity index (χ4v) is 2.10. The van der Waals surface area contributed by atoms with Crippen molar-refractivity contribution in [2.45, 2.75) is 31.5 Å². The van der Waals surface area contributed by atoms with E-state index in [-0.39, 0.29) is 30.8 Å². The van der Waals surface area contributed by atoms with Crippen molar-refractivity contribution in [1.82, 2.24) is 5.32 Å². The standard InChI is InChI=1S/C14H18FNO3/c1-10-14(18,6-7-19-10)9-16-13(17)8-11-2-4-12(15)5-3-11/h2-5,10,18H,6-9H2,1H3,(H,16,17). The molecule has 19 heavy (non-hydrogen) atoms. The molecule has 0 radical (unpaired) electrons. The van der Waals surface area contributed by atoms with Crippen molar-refractivity contribution >= 4 is 5.91 Å². The first-order chi connectivity index (χ1) is 8.99. The van der Waals surface area contributed by atoms with Gasteiger partial charge < -0.3 is 15.2 Å². The molecule has 2 rings (SSSR count). The molecule has 0 bridgehead atoms. The van der Waals surface area contributed by atoms with Crippen molar-refractivity contribution < 1.29 is 19.0 Å². The number of benzene rings is 1. The minimum atomic E-state index is -0.988. The molecule has 2 atom stereocenters. The number of amides is 1. The van der Waals surface area contributed by atoms with E-state index in [4.69, 9.17) is 4.74 Å². The van der Waals surface area contributed by atoms with Crippen LogP contribution in [0.25, 0.3) is 0 Å². The highest BCUT2D eigenvalue weighted by atomic mass is 19.1. The van der Waals surface area contributed by atoms with E-state index < -0.39 is 5.60 Å². The lowest BCUT2D eigenvalue weighted by Crippen LogP contribution is -2.47. The van der Waals surface area contributed by atoms with Gasteiger partial charge in [-0.05, 0) is 24.6 Å². The van der Waals surface area contributed by atoms with Gasteiger partial charge in [0.2, 0.25) is 5.91 Å². The maximum Gasteiger partial charge on any atom is 0.224 e. The summed E-state index contributed by atoms with van der Waals surface area (Å²) >= 11 is 0. The van der Waals surface area contributed by atoms with Crippen LogP contribution < -0.4 is 5.32 Å². The summed E-state index contributed by atoms with van der Waals surface area (Å²) in [5.41, 5.74) is -0.250. The van der Waals surface area contributed by atoms with Gasteiger partial charge in [-0.3, -0.25) is 4.79 Å². The summed E-state index contributed by atoms with van der Waals surface area (Å²) in [5.74, 6) is -0.519. The summed E-state index contributed by atoms with van der Waals surface area (Å²) < 4.78 is 18.0. The fraction of sp³-hybridized carbons (Fsp3) is 0.500. The zero-order valence-electron chi connectivity index (χ0n) is 10.9. The molecule has 0 aromatic heterocycles. The Bertz CT molecular complexity index is 449. The van der Waals surface area contributed by atoms with Gasteiger partial charge in [0.1, 0.15) is 11.4 Å². The van der Waals surface area contributed by atoms with Crippen LogP contribution >= 0.6 is 0 Å². The van der Waals surface area contributed by atoms with E-state index in [9.17, 15) is 14.3 Å².